The molecule has 1 aliphatic carbocycles. The number of ether oxygens (including phenoxy) is 1. The van der Waals surface area contributed by atoms with E-state index in [0.29, 0.717) is 6.54 Å². The van der Waals surface area contributed by atoms with Crippen molar-refractivity contribution in [2.75, 3.05) is 18.1 Å². The van der Waals surface area contributed by atoms with Crippen LogP contribution in [0.2, 0.25) is 0 Å². The van der Waals surface area contributed by atoms with Crippen molar-refractivity contribution in [3.8, 4) is 5.75 Å². The fourth-order valence-electron chi connectivity index (χ4n) is 3.97. The molecule has 132 valence electrons. The number of imidazole rings is 1. The van der Waals surface area contributed by atoms with E-state index in [0.717, 1.165) is 54.2 Å². The first-order valence-corrected chi connectivity index (χ1v) is 9.16. The SMILES string of the molecule is O=C(COc1ccnc2c1CCCC2)N1CCn2c1nc1ccccc12. The number of fused-ring (bicyclic) bond motifs is 4. The number of hydrogen-bond donors (Lipinski definition) is 0. The third-order valence-corrected chi connectivity index (χ3v) is 5.27. The van der Waals surface area contributed by atoms with Gasteiger partial charge in [-0.2, -0.15) is 0 Å². The number of hydrogen-bond acceptors (Lipinski definition) is 4. The third-order valence-electron chi connectivity index (χ3n) is 5.27. The lowest BCUT2D eigenvalue weighted by molar-refractivity contribution is -0.120. The van der Waals surface area contributed by atoms with E-state index in [1.807, 2.05) is 30.3 Å². The van der Waals surface area contributed by atoms with Crippen molar-refractivity contribution in [1.82, 2.24) is 14.5 Å². The predicted molar refractivity (Wildman–Crippen MR) is 98.5 cm³/mol. The molecule has 0 radical (unpaired) electrons. The van der Waals surface area contributed by atoms with E-state index in [1.165, 1.54) is 12.0 Å². The van der Waals surface area contributed by atoms with Gasteiger partial charge in [-0.3, -0.25) is 14.7 Å². The van der Waals surface area contributed by atoms with E-state index >= 15 is 0 Å². The van der Waals surface area contributed by atoms with Gasteiger partial charge in [0.2, 0.25) is 5.95 Å². The molecular weight excluding hydrogens is 328 g/mol. The zero-order valence-electron chi connectivity index (χ0n) is 14.5. The summed E-state index contributed by atoms with van der Waals surface area (Å²) in [5.41, 5.74) is 4.27. The van der Waals surface area contributed by atoms with Crippen molar-refractivity contribution in [3.63, 3.8) is 0 Å². The molecule has 0 unspecified atom stereocenters. The number of carbonyl (C=O) groups is 1. The van der Waals surface area contributed by atoms with Gasteiger partial charge in [0, 0.05) is 30.5 Å². The average Bonchev–Trinajstić information content (AvgIpc) is 3.25. The zero-order valence-corrected chi connectivity index (χ0v) is 14.5. The standard InChI is InChI=1S/C20H20N4O2/c25-19(13-26-18-9-10-21-15-6-2-1-5-14(15)18)24-12-11-23-17-8-4-3-7-16(17)22-20(23)24/h3-4,7-10H,1-2,5-6,11-13H2. The number of aromatic nitrogens is 3. The van der Waals surface area contributed by atoms with Gasteiger partial charge in [-0.05, 0) is 43.9 Å². The molecule has 1 amide bonds. The second-order valence-corrected chi connectivity index (χ2v) is 6.83. The van der Waals surface area contributed by atoms with Gasteiger partial charge < -0.3 is 9.30 Å². The molecule has 3 heterocycles. The number of anilines is 1. The van der Waals surface area contributed by atoms with Crippen molar-refractivity contribution in [1.29, 1.82) is 0 Å². The Hall–Kier alpha value is -2.89. The molecule has 1 aliphatic heterocycles. The summed E-state index contributed by atoms with van der Waals surface area (Å²) in [4.78, 5) is 23.6. The van der Waals surface area contributed by atoms with Crippen LogP contribution in [0.3, 0.4) is 0 Å². The van der Waals surface area contributed by atoms with E-state index in [-0.39, 0.29) is 12.5 Å². The number of benzene rings is 1. The Kier molecular flexibility index (Phi) is 3.62. The highest BCUT2D eigenvalue weighted by atomic mass is 16.5. The topological polar surface area (TPSA) is 60.2 Å². The highest BCUT2D eigenvalue weighted by Crippen LogP contribution is 2.29. The van der Waals surface area contributed by atoms with Crippen LogP contribution in [0.1, 0.15) is 24.1 Å². The lowest BCUT2D eigenvalue weighted by Gasteiger charge is -2.19. The van der Waals surface area contributed by atoms with Crippen LogP contribution in [-0.2, 0) is 24.2 Å². The van der Waals surface area contributed by atoms with Crippen LogP contribution in [-0.4, -0.2) is 33.6 Å². The molecular formula is C20H20N4O2. The smallest absolute Gasteiger partial charge is 0.267 e. The number of aryl methyl sites for hydroxylation is 1. The summed E-state index contributed by atoms with van der Waals surface area (Å²) in [5, 5.41) is 0. The molecule has 2 aromatic heterocycles. The minimum Gasteiger partial charge on any atom is -0.483 e. The quantitative estimate of drug-likeness (QED) is 0.730. The molecule has 0 N–H and O–H groups in total. The molecule has 0 fully saturated rings. The van der Waals surface area contributed by atoms with Crippen molar-refractivity contribution >= 4 is 22.9 Å². The minimum atomic E-state index is -0.0552. The van der Waals surface area contributed by atoms with Crippen molar-refractivity contribution in [2.45, 2.75) is 32.2 Å². The molecule has 0 atom stereocenters. The molecule has 0 saturated heterocycles. The molecule has 2 aliphatic rings. The van der Waals surface area contributed by atoms with E-state index < -0.39 is 0 Å². The second-order valence-electron chi connectivity index (χ2n) is 6.83. The van der Waals surface area contributed by atoms with Gasteiger partial charge >= 0.3 is 0 Å². The number of amides is 1. The number of para-hydroxylation sites is 2. The van der Waals surface area contributed by atoms with Crippen molar-refractivity contribution in [3.05, 3.63) is 47.8 Å². The van der Waals surface area contributed by atoms with Gasteiger partial charge in [0.15, 0.2) is 6.61 Å². The van der Waals surface area contributed by atoms with Gasteiger partial charge in [-0.15, -0.1) is 0 Å². The summed E-state index contributed by atoms with van der Waals surface area (Å²) in [6.07, 6.45) is 6.08. The predicted octanol–water partition coefficient (Wildman–Crippen LogP) is 2.74. The van der Waals surface area contributed by atoms with Crippen molar-refractivity contribution in [2.24, 2.45) is 0 Å². The Bertz CT molecular complexity index is 995. The molecule has 0 bridgehead atoms. The fourth-order valence-corrected chi connectivity index (χ4v) is 3.97. The monoisotopic (exact) mass is 348 g/mol. The first kappa shape index (κ1) is 15.4. The Morgan fingerprint density at radius 2 is 2.00 bits per heavy atom. The first-order chi connectivity index (χ1) is 12.8. The maximum atomic E-state index is 12.8. The lowest BCUT2D eigenvalue weighted by Crippen LogP contribution is -2.34. The Morgan fingerprint density at radius 3 is 2.96 bits per heavy atom. The molecule has 1 aromatic carbocycles. The van der Waals surface area contributed by atoms with Crippen LogP contribution in [0.15, 0.2) is 36.5 Å². The Balaban J connectivity index is 1.35. The van der Waals surface area contributed by atoms with Crippen molar-refractivity contribution < 1.29 is 9.53 Å². The lowest BCUT2D eigenvalue weighted by atomic mass is 9.95. The molecule has 6 nitrogen and oxygen atoms in total. The summed E-state index contributed by atoms with van der Waals surface area (Å²) in [5.74, 6) is 1.47. The summed E-state index contributed by atoms with van der Waals surface area (Å²) in [6.45, 7) is 1.44. The third kappa shape index (κ3) is 2.44. The van der Waals surface area contributed by atoms with Crippen LogP contribution in [0.5, 0.6) is 5.75 Å². The zero-order chi connectivity index (χ0) is 17.5. The van der Waals surface area contributed by atoms with Crippen LogP contribution in [0.25, 0.3) is 11.0 Å². The van der Waals surface area contributed by atoms with Crippen LogP contribution >= 0.6 is 0 Å². The number of rotatable bonds is 3. The summed E-state index contributed by atoms with van der Waals surface area (Å²) in [7, 11) is 0. The maximum absolute atomic E-state index is 12.8. The minimum absolute atomic E-state index is 0.0274. The van der Waals surface area contributed by atoms with E-state index in [1.54, 1.807) is 11.1 Å². The van der Waals surface area contributed by atoms with E-state index in [4.69, 9.17) is 4.74 Å². The van der Waals surface area contributed by atoms with Gasteiger partial charge in [0.05, 0.1) is 11.0 Å². The Morgan fingerprint density at radius 1 is 1.12 bits per heavy atom. The molecule has 26 heavy (non-hydrogen) atoms. The van der Waals surface area contributed by atoms with Gasteiger partial charge in [-0.25, -0.2) is 4.98 Å². The molecule has 3 aromatic rings. The second kappa shape index (κ2) is 6.12. The van der Waals surface area contributed by atoms with Gasteiger partial charge in [0.25, 0.3) is 5.91 Å². The number of carbonyl (C=O) groups excluding carboxylic acids is 1. The first-order valence-electron chi connectivity index (χ1n) is 9.16. The van der Waals surface area contributed by atoms with Crippen LogP contribution < -0.4 is 9.64 Å². The van der Waals surface area contributed by atoms with E-state index in [2.05, 4.69) is 14.5 Å². The summed E-state index contributed by atoms with van der Waals surface area (Å²) in [6, 6.07) is 9.85. The maximum Gasteiger partial charge on any atom is 0.267 e. The molecule has 6 heteroatoms. The molecule has 0 spiro atoms. The Labute approximate surface area is 151 Å². The highest BCUT2D eigenvalue weighted by Gasteiger charge is 2.28. The van der Waals surface area contributed by atoms with Crippen LogP contribution in [0, 0.1) is 0 Å². The number of nitrogens with zero attached hydrogens (tertiary/aromatic N) is 4. The van der Waals surface area contributed by atoms with Crippen LogP contribution in [0.4, 0.5) is 5.95 Å². The van der Waals surface area contributed by atoms with Gasteiger partial charge in [-0.1, -0.05) is 12.1 Å². The highest BCUT2D eigenvalue weighted by molar-refractivity contribution is 5.95. The average molecular weight is 348 g/mol. The summed E-state index contributed by atoms with van der Waals surface area (Å²) < 4.78 is 8.00. The normalized spacial score (nSPS) is 15.8. The molecule has 0 saturated carbocycles. The molecule has 5 rings (SSSR count). The van der Waals surface area contributed by atoms with Gasteiger partial charge in [0.1, 0.15) is 5.75 Å². The summed E-state index contributed by atoms with van der Waals surface area (Å²) >= 11 is 0. The van der Waals surface area contributed by atoms with E-state index in [9.17, 15) is 4.79 Å². The largest absolute Gasteiger partial charge is 0.483 e. The number of pyridine rings is 1. The fraction of sp³-hybridized carbons (Fsp3) is 0.350.